The molecule has 4 rings (SSSR count). The third-order valence-electron chi connectivity index (χ3n) is 5.75. The molecule has 0 saturated carbocycles. The second-order valence-corrected chi connectivity index (χ2v) is 10.3. The van der Waals surface area contributed by atoms with Crippen molar-refractivity contribution in [3.8, 4) is 0 Å². The minimum atomic E-state index is -3.64. The number of hydrogen-bond donors (Lipinski definition) is 1. The van der Waals surface area contributed by atoms with E-state index in [1.54, 1.807) is 18.2 Å². The molecule has 0 spiro atoms. The summed E-state index contributed by atoms with van der Waals surface area (Å²) in [4.78, 5) is 15.5. The third kappa shape index (κ3) is 5.62. The predicted octanol–water partition coefficient (Wildman–Crippen LogP) is 3.70. The van der Waals surface area contributed by atoms with Crippen LogP contribution in [0.2, 0.25) is 5.02 Å². The zero-order valence-electron chi connectivity index (χ0n) is 18.1. The van der Waals surface area contributed by atoms with Crippen LogP contribution >= 0.6 is 11.6 Å². The summed E-state index contributed by atoms with van der Waals surface area (Å²) in [7, 11) is -3.64. The van der Waals surface area contributed by atoms with Gasteiger partial charge in [0, 0.05) is 37.7 Å². The van der Waals surface area contributed by atoms with Crippen LogP contribution in [0.5, 0.6) is 0 Å². The van der Waals surface area contributed by atoms with Gasteiger partial charge in [-0.3, -0.25) is 9.69 Å². The van der Waals surface area contributed by atoms with Gasteiger partial charge in [0.1, 0.15) is 6.04 Å². The first-order valence-electron chi connectivity index (χ1n) is 10.8. The van der Waals surface area contributed by atoms with Crippen molar-refractivity contribution >= 4 is 27.5 Å². The molecule has 0 aromatic heterocycles. The van der Waals surface area contributed by atoms with Crippen LogP contribution in [0.4, 0.5) is 0 Å². The Morgan fingerprint density at radius 2 is 1.52 bits per heavy atom. The lowest BCUT2D eigenvalue weighted by molar-refractivity contribution is -0.127. The minimum Gasteiger partial charge on any atom is -0.350 e. The van der Waals surface area contributed by atoms with Gasteiger partial charge in [0.05, 0.1) is 4.90 Å². The van der Waals surface area contributed by atoms with E-state index in [1.165, 1.54) is 10.4 Å². The second-order valence-electron chi connectivity index (χ2n) is 7.91. The summed E-state index contributed by atoms with van der Waals surface area (Å²) < 4.78 is 27.6. The number of rotatable bonds is 7. The molecule has 172 valence electrons. The van der Waals surface area contributed by atoms with E-state index in [1.807, 2.05) is 65.6 Å². The number of sulfonamides is 1. The molecule has 0 bridgehead atoms. The molecule has 1 aliphatic rings. The summed E-state index contributed by atoms with van der Waals surface area (Å²) in [6, 6.07) is 25.2. The van der Waals surface area contributed by atoms with Crippen LogP contribution in [0.3, 0.4) is 0 Å². The van der Waals surface area contributed by atoms with E-state index in [0.717, 1.165) is 11.1 Å². The lowest BCUT2D eigenvalue weighted by atomic mass is 10.0. The second kappa shape index (κ2) is 10.5. The van der Waals surface area contributed by atoms with Crippen molar-refractivity contribution in [1.82, 2.24) is 14.5 Å². The van der Waals surface area contributed by atoms with Crippen molar-refractivity contribution in [3.05, 3.63) is 101 Å². The molecule has 3 aromatic rings. The van der Waals surface area contributed by atoms with Gasteiger partial charge < -0.3 is 5.32 Å². The lowest BCUT2D eigenvalue weighted by Gasteiger charge is -2.38. The van der Waals surface area contributed by atoms with Crippen LogP contribution in [0.1, 0.15) is 17.2 Å². The monoisotopic (exact) mass is 483 g/mol. The molecule has 1 N–H and O–H groups in total. The fraction of sp³-hybridized carbons (Fsp3) is 0.240. The fourth-order valence-corrected chi connectivity index (χ4v) is 5.75. The maximum atomic E-state index is 13.3. The highest BCUT2D eigenvalue weighted by Gasteiger charge is 2.34. The maximum absolute atomic E-state index is 13.3. The molecule has 0 unspecified atom stereocenters. The van der Waals surface area contributed by atoms with Crippen LogP contribution in [0.15, 0.2) is 89.8 Å². The van der Waals surface area contributed by atoms with Crippen molar-refractivity contribution in [1.29, 1.82) is 0 Å². The third-order valence-corrected chi connectivity index (χ3v) is 7.88. The van der Waals surface area contributed by atoms with Gasteiger partial charge in [-0.15, -0.1) is 0 Å². The van der Waals surface area contributed by atoms with E-state index in [2.05, 4.69) is 5.32 Å². The van der Waals surface area contributed by atoms with Gasteiger partial charge in [-0.2, -0.15) is 4.31 Å². The zero-order chi connectivity index (χ0) is 23.3. The molecule has 1 fully saturated rings. The topological polar surface area (TPSA) is 69.7 Å². The molecular formula is C25H26ClN3O3S. The predicted molar refractivity (Wildman–Crippen MR) is 129 cm³/mol. The zero-order valence-corrected chi connectivity index (χ0v) is 19.7. The lowest BCUT2D eigenvalue weighted by Crippen LogP contribution is -2.52. The van der Waals surface area contributed by atoms with Crippen molar-refractivity contribution in [2.75, 3.05) is 26.2 Å². The molecule has 0 aliphatic carbocycles. The highest BCUT2D eigenvalue weighted by Crippen LogP contribution is 2.26. The van der Waals surface area contributed by atoms with Gasteiger partial charge in [0.15, 0.2) is 0 Å². The Hall–Kier alpha value is -2.71. The Bertz CT molecular complexity index is 1180. The quantitative estimate of drug-likeness (QED) is 0.556. The van der Waals surface area contributed by atoms with E-state index >= 15 is 0 Å². The minimum absolute atomic E-state index is 0.101. The van der Waals surface area contributed by atoms with E-state index in [9.17, 15) is 13.2 Å². The van der Waals surface area contributed by atoms with Crippen molar-refractivity contribution in [2.24, 2.45) is 0 Å². The van der Waals surface area contributed by atoms with Crippen LogP contribution < -0.4 is 5.32 Å². The number of amides is 1. The number of halogens is 1. The van der Waals surface area contributed by atoms with E-state index in [0.29, 0.717) is 37.7 Å². The summed E-state index contributed by atoms with van der Waals surface area (Å²) in [5.74, 6) is -0.101. The largest absolute Gasteiger partial charge is 0.350 e. The normalized spacial score (nSPS) is 16.3. The van der Waals surface area contributed by atoms with E-state index in [-0.39, 0.29) is 10.8 Å². The fourth-order valence-electron chi connectivity index (χ4n) is 4.02. The smallest absolute Gasteiger partial charge is 0.243 e. The van der Waals surface area contributed by atoms with E-state index in [4.69, 9.17) is 11.6 Å². The Morgan fingerprint density at radius 3 is 2.15 bits per heavy atom. The molecule has 1 saturated heterocycles. The Labute approximate surface area is 199 Å². The number of piperazine rings is 1. The van der Waals surface area contributed by atoms with Crippen LogP contribution in [0.25, 0.3) is 0 Å². The maximum Gasteiger partial charge on any atom is 0.243 e. The first-order valence-corrected chi connectivity index (χ1v) is 12.6. The number of carbonyl (C=O) groups is 1. The van der Waals surface area contributed by atoms with Gasteiger partial charge in [0.2, 0.25) is 15.9 Å². The average Bonchev–Trinajstić information content (AvgIpc) is 2.84. The SMILES string of the molecule is O=C(NCc1ccccc1)[C@H](c1ccccc1)N1CCN(S(=O)(=O)c2cccc(Cl)c2)CC1. The standard InChI is InChI=1S/C25H26ClN3O3S/c26-22-12-7-13-23(18-22)33(31,32)29-16-14-28(15-17-29)24(21-10-5-2-6-11-21)25(30)27-19-20-8-3-1-4-9-20/h1-13,18,24H,14-17,19H2,(H,27,30)/t24-/m0/s1. The molecule has 6 nitrogen and oxygen atoms in total. The number of benzene rings is 3. The summed E-state index contributed by atoms with van der Waals surface area (Å²) in [5, 5.41) is 3.42. The van der Waals surface area contributed by atoms with Crippen molar-refractivity contribution in [3.63, 3.8) is 0 Å². The number of nitrogens with zero attached hydrogens (tertiary/aromatic N) is 2. The Kier molecular flexibility index (Phi) is 7.45. The summed E-state index contributed by atoms with van der Waals surface area (Å²) >= 11 is 6.00. The van der Waals surface area contributed by atoms with Crippen LogP contribution in [0, 0.1) is 0 Å². The van der Waals surface area contributed by atoms with Gasteiger partial charge in [-0.1, -0.05) is 78.3 Å². The first kappa shape index (κ1) is 23.4. The molecule has 1 atom stereocenters. The van der Waals surface area contributed by atoms with Gasteiger partial charge in [-0.05, 0) is 29.3 Å². The molecule has 1 aliphatic heterocycles. The molecule has 1 heterocycles. The first-order chi connectivity index (χ1) is 15.9. The molecular weight excluding hydrogens is 458 g/mol. The van der Waals surface area contributed by atoms with Gasteiger partial charge >= 0.3 is 0 Å². The summed E-state index contributed by atoms with van der Waals surface area (Å²) in [6.07, 6.45) is 0. The number of carbonyl (C=O) groups excluding carboxylic acids is 1. The summed E-state index contributed by atoms with van der Waals surface area (Å²) in [6.45, 7) is 1.91. The number of hydrogen-bond acceptors (Lipinski definition) is 4. The van der Waals surface area contributed by atoms with Gasteiger partial charge in [-0.25, -0.2) is 8.42 Å². The van der Waals surface area contributed by atoms with E-state index < -0.39 is 16.1 Å². The molecule has 1 amide bonds. The number of nitrogens with one attached hydrogen (secondary N) is 1. The van der Waals surface area contributed by atoms with Crippen molar-refractivity contribution in [2.45, 2.75) is 17.5 Å². The average molecular weight is 484 g/mol. The van der Waals surface area contributed by atoms with Crippen LogP contribution in [-0.2, 0) is 21.4 Å². The Balaban J connectivity index is 1.48. The summed E-state index contributed by atoms with van der Waals surface area (Å²) in [5.41, 5.74) is 1.91. The molecule has 0 radical (unpaired) electrons. The molecule has 8 heteroatoms. The highest BCUT2D eigenvalue weighted by molar-refractivity contribution is 7.89. The van der Waals surface area contributed by atoms with Gasteiger partial charge in [0.25, 0.3) is 0 Å². The molecule has 3 aromatic carbocycles. The molecule has 33 heavy (non-hydrogen) atoms. The van der Waals surface area contributed by atoms with Crippen LogP contribution in [-0.4, -0.2) is 49.7 Å². The van der Waals surface area contributed by atoms with Crippen molar-refractivity contribution < 1.29 is 13.2 Å². The highest BCUT2D eigenvalue weighted by atomic mass is 35.5. The Morgan fingerprint density at radius 1 is 0.879 bits per heavy atom.